The average molecular weight is 284 g/mol. The molecule has 9 nitrogen and oxygen atoms in total. The molecule has 0 aliphatic rings. The number of nitrogens with one attached hydrogen (secondary N) is 2. The minimum absolute atomic E-state index is 0.232. The van der Waals surface area contributed by atoms with Gasteiger partial charge in [0.2, 0.25) is 11.8 Å². The molecule has 1 aromatic heterocycles. The zero-order valence-electron chi connectivity index (χ0n) is 9.55. The quantitative estimate of drug-likeness (QED) is 0.563. The zero-order valence-corrected chi connectivity index (χ0v) is 9.55. The van der Waals surface area contributed by atoms with E-state index in [0.29, 0.717) is 12.1 Å². The van der Waals surface area contributed by atoms with Crippen molar-refractivity contribution in [3.05, 3.63) is 39.7 Å². The highest BCUT2D eigenvalue weighted by Gasteiger charge is 2.23. The number of H-pyrrole nitrogens is 1. The van der Waals surface area contributed by atoms with Crippen LogP contribution in [0.15, 0.2) is 12.1 Å². The molecule has 0 aliphatic heterocycles. The van der Waals surface area contributed by atoms with Gasteiger partial charge in [-0.25, -0.2) is 8.78 Å². The number of halogens is 2. The van der Waals surface area contributed by atoms with Gasteiger partial charge in [0.1, 0.15) is 5.82 Å². The number of nitro benzene ring substituents is 1. The number of nitrogens with zero attached hydrogens (tertiary/aromatic N) is 3. The molecule has 0 atom stereocenters. The molecule has 1 aromatic carbocycles. The summed E-state index contributed by atoms with van der Waals surface area (Å²) in [5.41, 5.74) is 3.46. The Labute approximate surface area is 109 Å². The number of nitrogens with two attached hydrogens (primary N) is 1. The minimum atomic E-state index is -1.29. The summed E-state index contributed by atoms with van der Waals surface area (Å²) >= 11 is 0. The minimum Gasteiger partial charge on any atom is -0.366 e. The third kappa shape index (κ3) is 2.50. The van der Waals surface area contributed by atoms with Crippen LogP contribution >= 0.6 is 0 Å². The first-order valence-electron chi connectivity index (χ1n) is 5.01. The van der Waals surface area contributed by atoms with Crippen molar-refractivity contribution in [1.82, 2.24) is 15.2 Å². The van der Waals surface area contributed by atoms with Gasteiger partial charge >= 0.3 is 0 Å². The molecule has 1 heterocycles. The molecule has 4 N–H and O–H groups in total. The van der Waals surface area contributed by atoms with Crippen LogP contribution in [0.4, 0.5) is 26.1 Å². The van der Waals surface area contributed by atoms with Crippen molar-refractivity contribution in [3.63, 3.8) is 0 Å². The molecule has 0 aliphatic carbocycles. The van der Waals surface area contributed by atoms with E-state index in [-0.39, 0.29) is 11.8 Å². The van der Waals surface area contributed by atoms with Crippen LogP contribution in [0.5, 0.6) is 0 Å². The van der Waals surface area contributed by atoms with Crippen molar-refractivity contribution in [1.29, 1.82) is 0 Å². The highest BCUT2D eigenvalue weighted by atomic mass is 19.1. The standard InChI is InChI=1S/C9H6F2N6O3/c10-3-1-4(11)6(5(2-3)17(19)20)13-8(18)7-14-9(12)16-15-7/h1-2H,(H,13,18)(H3,12,14,15,16). The Morgan fingerprint density at radius 1 is 1.45 bits per heavy atom. The molecular weight excluding hydrogens is 278 g/mol. The highest BCUT2D eigenvalue weighted by Crippen LogP contribution is 2.28. The number of hydrogen-bond donors (Lipinski definition) is 3. The van der Waals surface area contributed by atoms with Crippen LogP contribution in [0.2, 0.25) is 0 Å². The first-order chi connectivity index (χ1) is 9.38. The van der Waals surface area contributed by atoms with Crippen LogP contribution in [0.1, 0.15) is 10.6 Å². The molecule has 0 radical (unpaired) electrons. The first kappa shape index (κ1) is 13.3. The van der Waals surface area contributed by atoms with E-state index in [1.54, 1.807) is 0 Å². The molecule has 0 fully saturated rings. The summed E-state index contributed by atoms with van der Waals surface area (Å²) in [6.45, 7) is 0. The summed E-state index contributed by atoms with van der Waals surface area (Å²) in [5, 5.41) is 18.1. The molecule has 0 saturated heterocycles. The number of carbonyl (C=O) groups excluding carboxylic acids is 1. The van der Waals surface area contributed by atoms with Crippen molar-refractivity contribution in [2.45, 2.75) is 0 Å². The summed E-state index contributed by atoms with van der Waals surface area (Å²) in [5.74, 6) is -4.05. The van der Waals surface area contributed by atoms with E-state index in [1.807, 2.05) is 5.32 Å². The summed E-state index contributed by atoms with van der Waals surface area (Å²) in [6, 6.07) is 0.880. The van der Waals surface area contributed by atoms with Gasteiger partial charge in [0.15, 0.2) is 11.5 Å². The maximum Gasteiger partial charge on any atom is 0.298 e. The Morgan fingerprint density at radius 3 is 2.70 bits per heavy atom. The van der Waals surface area contributed by atoms with Gasteiger partial charge in [-0.1, -0.05) is 0 Å². The lowest BCUT2D eigenvalue weighted by Crippen LogP contribution is -2.16. The first-order valence-corrected chi connectivity index (χ1v) is 5.01. The van der Waals surface area contributed by atoms with E-state index in [2.05, 4.69) is 15.2 Å². The SMILES string of the molecule is Nc1n[nH]c(C(=O)Nc2c(F)cc(F)cc2[N+](=O)[O-])n1. The normalized spacial score (nSPS) is 10.3. The lowest BCUT2D eigenvalue weighted by Gasteiger charge is -2.05. The van der Waals surface area contributed by atoms with Gasteiger partial charge in [-0.15, -0.1) is 5.10 Å². The van der Waals surface area contributed by atoms with E-state index in [0.717, 1.165) is 0 Å². The summed E-state index contributed by atoms with van der Waals surface area (Å²) in [6.07, 6.45) is 0. The predicted molar refractivity (Wildman–Crippen MR) is 61.8 cm³/mol. The molecule has 2 rings (SSSR count). The number of aromatic amines is 1. The number of benzene rings is 1. The maximum absolute atomic E-state index is 13.5. The van der Waals surface area contributed by atoms with Gasteiger partial charge in [-0.3, -0.25) is 20.0 Å². The number of nitrogen functional groups attached to an aromatic ring is 1. The Kier molecular flexibility index (Phi) is 3.25. The second-order valence-corrected chi connectivity index (χ2v) is 3.54. The lowest BCUT2D eigenvalue weighted by molar-refractivity contribution is -0.384. The molecule has 20 heavy (non-hydrogen) atoms. The van der Waals surface area contributed by atoms with Crippen LogP contribution in [0, 0.1) is 21.7 Å². The molecule has 104 valence electrons. The fourth-order valence-electron chi connectivity index (χ4n) is 1.38. The second kappa shape index (κ2) is 4.87. The summed E-state index contributed by atoms with van der Waals surface area (Å²) in [4.78, 5) is 24.8. The Morgan fingerprint density at radius 2 is 2.15 bits per heavy atom. The Bertz CT molecular complexity index is 701. The topological polar surface area (TPSA) is 140 Å². The van der Waals surface area contributed by atoms with Gasteiger partial charge in [-0.2, -0.15) is 4.98 Å². The predicted octanol–water partition coefficient (Wildman–Crippen LogP) is 0.826. The van der Waals surface area contributed by atoms with Gasteiger partial charge in [-0.05, 0) is 0 Å². The fraction of sp³-hybridized carbons (Fsp3) is 0. The molecule has 0 saturated carbocycles. The van der Waals surface area contributed by atoms with E-state index >= 15 is 0 Å². The smallest absolute Gasteiger partial charge is 0.298 e. The van der Waals surface area contributed by atoms with E-state index in [4.69, 9.17) is 5.73 Å². The second-order valence-electron chi connectivity index (χ2n) is 3.54. The van der Waals surface area contributed by atoms with Crippen molar-refractivity contribution in [3.8, 4) is 0 Å². The molecule has 0 spiro atoms. The van der Waals surface area contributed by atoms with Crippen LogP contribution in [-0.2, 0) is 0 Å². The third-order valence-corrected chi connectivity index (χ3v) is 2.19. The van der Waals surface area contributed by atoms with Gasteiger partial charge < -0.3 is 11.1 Å². The van der Waals surface area contributed by atoms with Gasteiger partial charge in [0.05, 0.1) is 11.0 Å². The number of aromatic nitrogens is 3. The van der Waals surface area contributed by atoms with Crippen molar-refractivity contribution < 1.29 is 18.5 Å². The zero-order chi connectivity index (χ0) is 14.9. The monoisotopic (exact) mass is 284 g/mol. The average Bonchev–Trinajstić information content (AvgIpc) is 2.78. The Hall–Kier alpha value is -3.11. The number of amides is 1. The van der Waals surface area contributed by atoms with E-state index < -0.39 is 33.8 Å². The highest BCUT2D eigenvalue weighted by molar-refractivity contribution is 6.03. The fourth-order valence-corrected chi connectivity index (χ4v) is 1.38. The summed E-state index contributed by atoms with van der Waals surface area (Å²) < 4.78 is 26.5. The largest absolute Gasteiger partial charge is 0.366 e. The molecule has 1 amide bonds. The summed E-state index contributed by atoms with van der Waals surface area (Å²) in [7, 11) is 0. The third-order valence-electron chi connectivity index (χ3n) is 2.19. The number of nitro groups is 1. The number of carbonyl (C=O) groups is 1. The van der Waals surface area contributed by atoms with Crippen molar-refractivity contribution in [2.24, 2.45) is 0 Å². The number of rotatable bonds is 3. The maximum atomic E-state index is 13.5. The van der Waals surface area contributed by atoms with E-state index in [9.17, 15) is 23.7 Å². The van der Waals surface area contributed by atoms with Crippen LogP contribution in [-0.4, -0.2) is 26.0 Å². The van der Waals surface area contributed by atoms with Crippen molar-refractivity contribution in [2.75, 3.05) is 11.1 Å². The molecule has 0 unspecified atom stereocenters. The number of hydrogen-bond acceptors (Lipinski definition) is 6. The van der Waals surface area contributed by atoms with Crippen LogP contribution in [0.25, 0.3) is 0 Å². The van der Waals surface area contributed by atoms with Gasteiger partial charge in [0.25, 0.3) is 11.6 Å². The molecular formula is C9H6F2N6O3. The van der Waals surface area contributed by atoms with Crippen molar-refractivity contribution >= 4 is 23.2 Å². The molecule has 11 heteroatoms. The van der Waals surface area contributed by atoms with E-state index in [1.165, 1.54) is 0 Å². The lowest BCUT2D eigenvalue weighted by atomic mass is 10.2. The van der Waals surface area contributed by atoms with Crippen LogP contribution < -0.4 is 11.1 Å². The molecule has 0 bridgehead atoms. The van der Waals surface area contributed by atoms with Crippen LogP contribution in [0.3, 0.4) is 0 Å². The number of anilines is 2. The van der Waals surface area contributed by atoms with Gasteiger partial charge in [0, 0.05) is 6.07 Å². The molecule has 2 aromatic rings. The Balaban J connectivity index is 2.38.